The van der Waals surface area contributed by atoms with Crippen molar-refractivity contribution in [3.8, 4) is 0 Å². The zero-order valence-corrected chi connectivity index (χ0v) is 16.7. The molecule has 0 heterocycles. The van der Waals surface area contributed by atoms with Crippen molar-refractivity contribution in [2.24, 2.45) is 0 Å². The summed E-state index contributed by atoms with van der Waals surface area (Å²) < 4.78 is 14.0. The SMILES string of the molecule is CC(=O)N[C@@H](Cc1ccccc1F)C(=O)N[C@H](Cc1c(C)cccc1C)C(=O)O. The molecule has 0 radical (unpaired) electrons. The van der Waals surface area contributed by atoms with Gasteiger partial charge >= 0.3 is 5.97 Å². The van der Waals surface area contributed by atoms with E-state index in [1.54, 1.807) is 6.07 Å². The molecule has 6 nitrogen and oxygen atoms in total. The monoisotopic (exact) mass is 400 g/mol. The average Bonchev–Trinajstić information content (AvgIpc) is 2.64. The molecule has 0 fully saturated rings. The van der Waals surface area contributed by atoms with Crippen molar-refractivity contribution in [3.63, 3.8) is 0 Å². The van der Waals surface area contributed by atoms with E-state index in [4.69, 9.17) is 0 Å². The van der Waals surface area contributed by atoms with Gasteiger partial charge in [0, 0.05) is 19.8 Å². The van der Waals surface area contributed by atoms with Crippen LogP contribution >= 0.6 is 0 Å². The number of aryl methyl sites for hydroxylation is 2. The lowest BCUT2D eigenvalue weighted by atomic mass is 9.96. The first kappa shape index (κ1) is 22.1. The molecule has 0 unspecified atom stereocenters. The number of hydrogen-bond donors (Lipinski definition) is 3. The van der Waals surface area contributed by atoms with Gasteiger partial charge < -0.3 is 15.7 Å². The van der Waals surface area contributed by atoms with Crippen molar-refractivity contribution in [2.45, 2.75) is 45.7 Å². The number of aliphatic carboxylic acids is 1. The van der Waals surface area contributed by atoms with E-state index < -0.39 is 35.7 Å². The fourth-order valence-corrected chi connectivity index (χ4v) is 3.19. The van der Waals surface area contributed by atoms with E-state index in [1.807, 2.05) is 32.0 Å². The van der Waals surface area contributed by atoms with E-state index in [0.717, 1.165) is 16.7 Å². The minimum Gasteiger partial charge on any atom is -0.480 e. The zero-order chi connectivity index (χ0) is 21.6. The third-order valence-electron chi connectivity index (χ3n) is 4.74. The number of halogens is 1. The molecule has 2 atom stereocenters. The lowest BCUT2D eigenvalue weighted by Crippen LogP contribution is -2.52. The summed E-state index contributed by atoms with van der Waals surface area (Å²) in [5.41, 5.74) is 2.94. The van der Waals surface area contributed by atoms with Gasteiger partial charge in [-0.1, -0.05) is 36.4 Å². The lowest BCUT2D eigenvalue weighted by Gasteiger charge is -2.22. The predicted octanol–water partition coefficient (Wildman–Crippen LogP) is 2.30. The van der Waals surface area contributed by atoms with Crippen molar-refractivity contribution in [3.05, 3.63) is 70.5 Å². The minimum atomic E-state index is -1.19. The largest absolute Gasteiger partial charge is 0.480 e. The molecule has 2 aromatic carbocycles. The summed E-state index contributed by atoms with van der Waals surface area (Å²) >= 11 is 0. The summed E-state index contributed by atoms with van der Waals surface area (Å²) in [7, 11) is 0. The van der Waals surface area contributed by atoms with E-state index in [2.05, 4.69) is 10.6 Å². The summed E-state index contributed by atoms with van der Waals surface area (Å²) in [6, 6.07) is 9.29. The Morgan fingerprint density at radius 2 is 1.55 bits per heavy atom. The van der Waals surface area contributed by atoms with Crippen LogP contribution in [0.1, 0.15) is 29.2 Å². The molecule has 0 saturated heterocycles. The first-order valence-corrected chi connectivity index (χ1v) is 9.27. The van der Waals surface area contributed by atoms with Crippen LogP contribution in [0.15, 0.2) is 42.5 Å². The lowest BCUT2D eigenvalue weighted by molar-refractivity contribution is -0.142. The summed E-state index contributed by atoms with van der Waals surface area (Å²) in [5.74, 6) is -2.83. The predicted molar refractivity (Wildman–Crippen MR) is 107 cm³/mol. The molecule has 0 spiro atoms. The number of carboxylic acid groups (broad SMARTS) is 1. The number of rotatable bonds is 8. The molecule has 0 aliphatic rings. The van der Waals surface area contributed by atoms with Crippen LogP contribution in [0.2, 0.25) is 0 Å². The van der Waals surface area contributed by atoms with Gasteiger partial charge in [0.2, 0.25) is 11.8 Å². The first-order valence-electron chi connectivity index (χ1n) is 9.27. The van der Waals surface area contributed by atoms with E-state index in [9.17, 15) is 23.9 Å². The molecule has 29 heavy (non-hydrogen) atoms. The highest BCUT2D eigenvalue weighted by molar-refractivity contribution is 5.90. The molecule has 0 aromatic heterocycles. The van der Waals surface area contributed by atoms with Gasteiger partial charge in [0.1, 0.15) is 17.9 Å². The van der Waals surface area contributed by atoms with Crippen LogP contribution in [0, 0.1) is 19.7 Å². The third kappa shape index (κ3) is 6.14. The molecule has 0 saturated carbocycles. The van der Waals surface area contributed by atoms with Gasteiger partial charge in [-0.3, -0.25) is 9.59 Å². The Kier molecular flexibility index (Phi) is 7.47. The Morgan fingerprint density at radius 3 is 2.10 bits per heavy atom. The number of carboxylic acids is 1. The Hall–Kier alpha value is -3.22. The molecule has 0 aliphatic heterocycles. The Balaban J connectivity index is 2.21. The van der Waals surface area contributed by atoms with Crippen molar-refractivity contribution in [1.82, 2.24) is 10.6 Å². The van der Waals surface area contributed by atoms with Gasteiger partial charge in [0.05, 0.1) is 0 Å². The number of carbonyl (C=O) groups excluding carboxylic acids is 2. The van der Waals surface area contributed by atoms with Crippen LogP contribution in [-0.4, -0.2) is 35.0 Å². The Morgan fingerprint density at radius 1 is 0.931 bits per heavy atom. The fourth-order valence-electron chi connectivity index (χ4n) is 3.19. The second-order valence-electron chi connectivity index (χ2n) is 7.02. The van der Waals surface area contributed by atoms with Gasteiger partial charge in [0.25, 0.3) is 0 Å². The van der Waals surface area contributed by atoms with Crippen LogP contribution in [0.5, 0.6) is 0 Å². The van der Waals surface area contributed by atoms with E-state index in [0.29, 0.717) is 0 Å². The second kappa shape index (κ2) is 9.82. The van der Waals surface area contributed by atoms with Gasteiger partial charge in [-0.2, -0.15) is 0 Å². The molecular weight excluding hydrogens is 375 g/mol. The highest BCUT2D eigenvalue weighted by Gasteiger charge is 2.27. The molecular formula is C22H25FN2O4. The third-order valence-corrected chi connectivity index (χ3v) is 4.74. The van der Waals surface area contributed by atoms with Crippen LogP contribution in [-0.2, 0) is 27.2 Å². The maximum absolute atomic E-state index is 14.0. The van der Waals surface area contributed by atoms with Gasteiger partial charge in [0.15, 0.2) is 0 Å². The molecule has 7 heteroatoms. The number of benzene rings is 2. The average molecular weight is 400 g/mol. The standard InChI is InChI=1S/C22H25FN2O4/c1-13-7-6-8-14(2)17(13)12-20(22(28)29)25-21(27)19(24-15(3)26)11-16-9-4-5-10-18(16)23/h4-10,19-20H,11-12H2,1-3H3,(H,24,26)(H,25,27)(H,28,29)/t19-,20+/m0/s1. The second-order valence-corrected chi connectivity index (χ2v) is 7.02. The number of amides is 2. The molecule has 0 aliphatic carbocycles. The van der Waals surface area contributed by atoms with Crippen molar-refractivity contribution < 1.29 is 23.9 Å². The van der Waals surface area contributed by atoms with Gasteiger partial charge in [-0.05, 0) is 42.2 Å². The van der Waals surface area contributed by atoms with Crippen LogP contribution < -0.4 is 10.6 Å². The highest BCUT2D eigenvalue weighted by atomic mass is 19.1. The molecule has 3 N–H and O–H groups in total. The smallest absolute Gasteiger partial charge is 0.326 e. The maximum Gasteiger partial charge on any atom is 0.326 e. The summed E-state index contributed by atoms with van der Waals surface area (Å²) in [6.07, 6.45) is 0.0138. The van der Waals surface area contributed by atoms with E-state index >= 15 is 0 Å². The molecule has 154 valence electrons. The summed E-state index contributed by atoms with van der Waals surface area (Å²) in [4.78, 5) is 36.0. The van der Waals surface area contributed by atoms with Crippen molar-refractivity contribution in [2.75, 3.05) is 0 Å². The van der Waals surface area contributed by atoms with Crippen LogP contribution in [0.4, 0.5) is 4.39 Å². The summed E-state index contributed by atoms with van der Waals surface area (Å²) in [5, 5.41) is 14.6. The molecule has 2 aromatic rings. The van der Waals surface area contributed by atoms with Crippen LogP contribution in [0.25, 0.3) is 0 Å². The highest BCUT2D eigenvalue weighted by Crippen LogP contribution is 2.16. The Labute approximate surface area is 169 Å². The normalized spacial score (nSPS) is 12.7. The molecule has 2 amide bonds. The fraction of sp³-hybridized carbons (Fsp3) is 0.318. The number of hydrogen-bond acceptors (Lipinski definition) is 3. The maximum atomic E-state index is 14.0. The van der Waals surface area contributed by atoms with E-state index in [1.165, 1.54) is 25.1 Å². The summed E-state index contributed by atoms with van der Waals surface area (Å²) in [6.45, 7) is 5.00. The van der Waals surface area contributed by atoms with Crippen molar-refractivity contribution >= 4 is 17.8 Å². The number of carbonyl (C=O) groups is 3. The van der Waals surface area contributed by atoms with Gasteiger partial charge in [-0.25, -0.2) is 9.18 Å². The Bertz CT molecular complexity index is 893. The topological polar surface area (TPSA) is 95.5 Å². The molecule has 2 rings (SSSR count). The number of nitrogens with one attached hydrogen (secondary N) is 2. The quantitative estimate of drug-likeness (QED) is 0.634. The van der Waals surface area contributed by atoms with Gasteiger partial charge in [-0.15, -0.1) is 0 Å². The van der Waals surface area contributed by atoms with E-state index in [-0.39, 0.29) is 18.4 Å². The molecule has 0 bridgehead atoms. The first-order chi connectivity index (χ1) is 13.7. The zero-order valence-electron chi connectivity index (χ0n) is 16.7. The van der Waals surface area contributed by atoms with Crippen molar-refractivity contribution in [1.29, 1.82) is 0 Å². The minimum absolute atomic E-state index is 0.0895. The van der Waals surface area contributed by atoms with Crippen LogP contribution in [0.3, 0.4) is 0 Å².